The lowest BCUT2D eigenvalue weighted by Gasteiger charge is -2.47. The van der Waals surface area contributed by atoms with Crippen molar-refractivity contribution in [1.82, 2.24) is 0 Å². The van der Waals surface area contributed by atoms with Gasteiger partial charge in [0.15, 0.2) is 0 Å². The first-order chi connectivity index (χ1) is 11.3. The van der Waals surface area contributed by atoms with Gasteiger partial charge in [-0.2, -0.15) is 8.42 Å². The number of hydrogen-bond donors (Lipinski definition) is 2. The SMILES string of the molecule is CCC(C)(N)C(CC)(CC)OS(=O)(=O)OC(CC)(CC)C(C)(N)CC. The summed E-state index contributed by atoms with van der Waals surface area (Å²) in [6, 6.07) is 0. The van der Waals surface area contributed by atoms with E-state index in [9.17, 15) is 8.42 Å². The second-order valence-corrected chi connectivity index (χ2v) is 8.67. The summed E-state index contributed by atoms with van der Waals surface area (Å²) in [6.45, 7) is 15.0. The van der Waals surface area contributed by atoms with E-state index >= 15 is 0 Å². The molecule has 0 aliphatic heterocycles. The van der Waals surface area contributed by atoms with Gasteiger partial charge in [-0.1, -0.05) is 41.5 Å². The summed E-state index contributed by atoms with van der Waals surface area (Å²) in [5.74, 6) is 0. The average molecular weight is 381 g/mol. The van der Waals surface area contributed by atoms with Crippen LogP contribution in [0.5, 0.6) is 0 Å². The second-order valence-electron chi connectivity index (χ2n) is 7.52. The first-order valence-electron chi connectivity index (χ1n) is 9.52. The molecule has 0 radical (unpaired) electrons. The highest BCUT2D eigenvalue weighted by Crippen LogP contribution is 2.40. The maximum Gasteiger partial charge on any atom is 0.401 e. The average Bonchev–Trinajstić information content (AvgIpc) is 2.57. The lowest BCUT2D eigenvalue weighted by atomic mass is 9.76. The van der Waals surface area contributed by atoms with Gasteiger partial charge in [-0.3, -0.25) is 0 Å². The highest BCUT2D eigenvalue weighted by atomic mass is 32.3. The first-order valence-corrected chi connectivity index (χ1v) is 10.8. The van der Waals surface area contributed by atoms with E-state index < -0.39 is 32.7 Å². The van der Waals surface area contributed by atoms with Crippen molar-refractivity contribution >= 4 is 10.4 Å². The van der Waals surface area contributed by atoms with Crippen LogP contribution in [0.4, 0.5) is 0 Å². The zero-order valence-electron chi connectivity index (χ0n) is 17.4. The van der Waals surface area contributed by atoms with E-state index in [1.165, 1.54) is 0 Å². The smallest absolute Gasteiger partial charge is 0.323 e. The van der Waals surface area contributed by atoms with Gasteiger partial charge in [0.1, 0.15) is 11.2 Å². The summed E-state index contributed by atoms with van der Waals surface area (Å²) in [6.07, 6.45) is 3.02. The van der Waals surface area contributed by atoms with Gasteiger partial charge in [-0.05, 0) is 52.4 Å². The van der Waals surface area contributed by atoms with Gasteiger partial charge < -0.3 is 11.5 Å². The van der Waals surface area contributed by atoms with E-state index in [-0.39, 0.29) is 0 Å². The van der Waals surface area contributed by atoms with Crippen LogP contribution in [-0.4, -0.2) is 30.7 Å². The van der Waals surface area contributed by atoms with Gasteiger partial charge in [0.2, 0.25) is 0 Å². The van der Waals surface area contributed by atoms with Crippen molar-refractivity contribution < 1.29 is 16.8 Å². The summed E-state index contributed by atoms with van der Waals surface area (Å²) in [7, 11) is -4.29. The topological polar surface area (TPSA) is 105 Å². The molecule has 152 valence electrons. The summed E-state index contributed by atoms with van der Waals surface area (Å²) in [4.78, 5) is 0. The normalized spacial score (nSPS) is 18.6. The van der Waals surface area contributed by atoms with Gasteiger partial charge in [0.25, 0.3) is 0 Å². The van der Waals surface area contributed by atoms with E-state index in [4.69, 9.17) is 19.8 Å². The molecule has 25 heavy (non-hydrogen) atoms. The maximum absolute atomic E-state index is 12.9. The van der Waals surface area contributed by atoms with E-state index in [0.29, 0.717) is 38.5 Å². The highest BCUT2D eigenvalue weighted by Gasteiger charge is 2.51. The Labute approximate surface area is 155 Å². The fourth-order valence-electron chi connectivity index (χ4n) is 3.59. The first kappa shape index (κ1) is 24.8. The molecule has 0 aliphatic rings. The fraction of sp³-hybridized carbons (Fsp3) is 1.00. The predicted octanol–water partition coefficient (Wildman–Crippen LogP) is 3.64. The Morgan fingerprint density at radius 2 is 0.880 bits per heavy atom. The van der Waals surface area contributed by atoms with Crippen LogP contribution < -0.4 is 11.5 Å². The minimum atomic E-state index is -4.29. The summed E-state index contributed by atoms with van der Waals surface area (Å²) < 4.78 is 37.0. The van der Waals surface area contributed by atoms with E-state index in [2.05, 4.69) is 0 Å². The molecule has 0 aliphatic carbocycles. The van der Waals surface area contributed by atoms with Gasteiger partial charge in [0.05, 0.1) is 0 Å². The van der Waals surface area contributed by atoms with E-state index in [0.717, 1.165) is 0 Å². The second kappa shape index (κ2) is 8.65. The van der Waals surface area contributed by atoms with Crippen LogP contribution in [0.15, 0.2) is 0 Å². The molecule has 4 N–H and O–H groups in total. The Balaban J connectivity index is 5.92. The van der Waals surface area contributed by atoms with Crippen molar-refractivity contribution in [3.63, 3.8) is 0 Å². The molecule has 0 saturated heterocycles. The van der Waals surface area contributed by atoms with Crippen LogP contribution in [0.25, 0.3) is 0 Å². The van der Waals surface area contributed by atoms with E-state index in [1.807, 2.05) is 55.4 Å². The molecule has 0 aromatic carbocycles. The van der Waals surface area contributed by atoms with Crippen molar-refractivity contribution in [2.75, 3.05) is 0 Å². The molecule has 2 unspecified atom stereocenters. The van der Waals surface area contributed by atoms with Crippen LogP contribution in [-0.2, 0) is 18.8 Å². The molecule has 0 heterocycles. The lowest BCUT2D eigenvalue weighted by Crippen LogP contribution is -2.62. The monoisotopic (exact) mass is 380 g/mol. The molecule has 0 fully saturated rings. The third-order valence-corrected chi connectivity index (χ3v) is 7.40. The molecule has 0 amide bonds. The Bertz CT molecular complexity index is 467. The minimum Gasteiger partial charge on any atom is -0.323 e. The molecule has 0 bridgehead atoms. The molecular formula is C18H40N2O4S. The molecule has 2 atom stereocenters. The summed E-state index contributed by atoms with van der Waals surface area (Å²) >= 11 is 0. The number of rotatable bonds is 12. The molecule has 0 aromatic heterocycles. The summed E-state index contributed by atoms with van der Waals surface area (Å²) in [5, 5.41) is 0. The standard InChI is InChI=1S/C18H40N2O4S/c1-9-15(7,19)17(11-3,12-4)23-25(21,22)24-18(13-5,14-6)16(8,20)10-2/h9-14,19-20H2,1-8H3. The number of hydrogen-bond acceptors (Lipinski definition) is 6. The molecule has 0 spiro atoms. The van der Waals surface area contributed by atoms with Crippen molar-refractivity contribution in [2.45, 2.75) is 116 Å². The van der Waals surface area contributed by atoms with Crippen LogP contribution in [0.2, 0.25) is 0 Å². The molecular weight excluding hydrogens is 340 g/mol. The van der Waals surface area contributed by atoms with Crippen LogP contribution in [0.1, 0.15) is 93.9 Å². The van der Waals surface area contributed by atoms with Gasteiger partial charge in [-0.25, -0.2) is 8.37 Å². The Kier molecular flexibility index (Phi) is 8.58. The minimum absolute atomic E-state index is 0.464. The summed E-state index contributed by atoms with van der Waals surface area (Å²) in [5.41, 5.74) is 9.14. The predicted molar refractivity (Wildman–Crippen MR) is 103 cm³/mol. The third-order valence-electron chi connectivity index (χ3n) is 6.36. The van der Waals surface area contributed by atoms with Crippen LogP contribution >= 0.6 is 0 Å². The van der Waals surface area contributed by atoms with Crippen molar-refractivity contribution in [3.05, 3.63) is 0 Å². The molecule has 0 saturated carbocycles. The van der Waals surface area contributed by atoms with Crippen LogP contribution in [0.3, 0.4) is 0 Å². The Morgan fingerprint density at radius 3 is 1.04 bits per heavy atom. The number of nitrogens with two attached hydrogens (primary N) is 2. The molecule has 6 nitrogen and oxygen atoms in total. The van der Waals surface area contributed by atoms with Gasteiger partial charge >= 0.3 is 10.4 Å². The Hall–Kier alpha value is -0.210. The maximum atomic E-state index is 12.9. The zero-order chi connectivity index (χ0) is 20.2. The molecule has 7 heteroatoms. The Morgan fingerprint density at radius 1 is 0.640 bits per heavy atom. The van der Waals surface area contributed by atoms with Crippen molar-refractivity contribution in [2.24, 2.45) is 11.5 Å². The third kappa shape index (κ3) is 4.95. The van der Waals surface area contributed by atoms with Crippen molar-refractivity contribution in [1.29, 1.82) is 0 Å². The van der Waals surface area contributed by atoms with Gasteiger partial charge in [-0.15, -0.1) is 0 Å². The zero-order valence-corrected chi connectivity index (χ0v) is 18.3. The molecule has 0 rings (SSSR count). The fourth-order valence-corrected chi connectivity index (χ4v) is 5.26. The largest absolute Gasteiger partial charge is 0.401 e. The highest BCUT2D eigenvalue weighted by molar-refractivity contribution is 7.82. The van der Waals surface area contributed by atoms with Gasteiger partial charge in [0, 0.05) is 11.1 Å². The molecule has 0 aromatic rings. The van der Waals surface area contributed by atoms with E-state index in [1.54, 1.807) is 0 Å². The van der Waals surface area contributed by atoms with Crippen molar-refractivity contribution in [3.8, 4) is 0 Å². The lowest BCUT2D eigenvalue weighted by molar-refractivity contribution is -0.0599. The quantitative estimate of drug-likeness (QED) is 0.535. The van der Waals surface area contributed by atoms with Crippen LogP contribution in [0, 0.1) is 0 Å².